The van der Waals surface area contributed by atoms with E-state index in [0.717, 1.165) is 5.56 Å². The van der Waals surface area contributed by atoms with Crippen molar-refractivity contribution in [3.63, 3.8) is 0 Å². The molecule has 1 aromatic carbocycles. The molecule has 9 nitrogen and oxygen atoms in total. The molecule has 3 heterocycles. The number of benzene rings is 1. The zero-order valence-electron chi connectivity index (χ0n) is 20.2. The van der Waals surface area contributed by atoms with E-state index >= 15 is 0 Å². The minimum Gasteiger partial charge on any atom is -0.497 e. The van der Waals surface area contributed by atoms with Crippen molar-refractivity contribution in [2.24, 2.45) is 0 Å². The first-order chi connectivity index (χ1) is 16.9. The predicted molar refractivity (Wildman–Crippen MR) is 132 cm³/mol. The van der Waals surface area contributed by atoms with E-state index in [2.05, 4.69) is 10.2 Å². The molecule has 0 unspecified atom stereocenters. The van der Waals surface area contributed by atoms with Crippen LogP contribution in [0.2, 0.25) is 0 Å². The second-order valence-electron chi connectivity index (χ2n) is 8.38. The Morgan fingerprint density at radius 3 is 2.60 bits per heavy atom. The zero-order chi connectivity index (χ0) is 24.9. The number of likely N-dealkylation sites (N-methyl/N-ethyl adjacent to an activating group) is 1. The van der Waals surface area contributed by atoms with Gasteiger partial charge in [0.05, 0.1) is 25.3 Å². The van der Waals surface area contributed by atoms with Gasteiger partial charge < -0.3 is 19.7 Å². The number of hydrogen-bond donors (Lipinski definition) is 1. The smallest absolute Gasteiger partial charge is 0.338 e. The highest BCUT2D eigenvalue weighted by Crippen LogP contribution is 2.32. The van der Waals surface area contributed by atoms with Crippen LogP contribution in [0.4, 0.5) is 4.79 Å². The van der Waals surface area contributed by atoms with Gasteiger partial charge in [0.1, 0.15) is 5.75 Å². The van der Waals surface area contributed by atoms with Crippen molar-refractivity contribution in [3.05, 3.63) is 63.5 Å². The number of ether oxygens (including phenoxy) is 2. The van der Waals surface area contributed by atoms with Gasteiger partial charge in [-0.25, -0.2) is 9.59 Å². The summed E-state index contributed by atoms with van der Waals surface area (Å²) < 4.78 is 10.6. The summed E-state index contributed by atoms with van der Waals surface area (Å²) in [6.07, 6.45) is 0. The first kappa shape index (κ1) is 24.7. The number of rotatable bonds is 7. The molecule has 1 atom stereocenters. The molecule has 186 valence electrons. The van der Waals surface area contributed by atoms with Crippen molar-refractivity contribution in [2.75, 3.05) is 53.5 Å². The van der Waals surface area contributed by atoms with Crippen molar-refractivity contribution in [1.29, 1.82) is 0 Å². The Bertz CT molecular complexity index is 1110. The molecule has 1 saturated heterocycles. The number of piperazine rings is 1. The molecule has 3 amide bonds. The van der Waals surface area contributed by atoms with E-state index in [1.54, 1.807) is 39.3 Å². The molecule has 1 aromatic heterocycles. The summed E-state index contributed by atoms with van der Waals surface area (Å²) in [6.45, 7) is 4.74. The van der Waals surface area contributed by atoms with Crippen molar-refractivity contribution in [3.8, 4) is 5.75 Å². The second-order valence-corrected chi connectivity index (χ2v) is 9.16. The van der Waals surface area contributed by atoms with Crippen molar-refractivity contribution < 1.29 is 23.9 Å². The summed E-state index contributed by atoms with van der Waals surface area (Å²) in [6, 6.07) is 8.22. The molecule has 0 aliphatic carbocycles. The zero-order valence-corrected chi connectivity index (χ0v) is 21.0. The summed E-state index contributed by atoms with van der Waals surface area (Å²) >= 11 is 1.51. The van der Waals surface area contributed by atoms with Gasteiger partial charge in [0.25, 0.3) is 5.91 Å². The first-order valence-electron chi connectivity index (χ1n) is 11.5. The molecule has 35 heavy (non-hydrogen) atoms. The fraction of sp³-hybridized carbons (Fsp3) is 0.400. The summed E-state index contributed by atoms with van der Waals surface area (Å²) in [4.78, 5) is 44.2. The lowest BCUT2D eigenvalue weighted by Gasteiger charge is -2.39. The summed E-state index contributed by atoms with van der Waals surface area (Å²) in [5, 5.41) is 6.77. The Hall–Kier alpha value is -3.37. The molecule has 2 aliphatic rings. The number of esters is 1. The summed E-state index contributed by atoms with van der Waals surface area (Å²) in [7, 11) is 3.24. The van der Waals surface area contributed by atoms with Crippen LogP contribution in [-0.2, 0) is 9.53 Å². The Labute approximate surface area is 208 Å². The average molecular weight is 499 g/mol. The van der Waals surface area contributed by atoms with E-state index in [-0.39, 0.29) is 18.5 Å². The van der Waals surface area contributed by atoms with Crippen molar-refractivity contribution in [1.82, 2.24) is 20.0 Å². The number of thiophene rings is 1. The molecule has 10 heteroatoms. The molecule has 4 rings (SSSR count). The molecule has 2 aromatic rings. The maximum absolute atomic E-state index is 13.0. The number of hydrogen-bond acceptors (Lipinski definition) is 7. The third kappa shape index (κ3) is 5.33. The van der Waals surface area contributed by atoms with Gasteiger partial charge in [-0.05, 0) is 47.5 Å². The molecule has 0 spiro atoms. The van der Waals surface area contributed by atoms with Gasteiger partial charge in [0, 0.05) is 51.0 Å². The quantitative estimate of drug-likeness (QED) is 0.591. The monoisotopic (exact) mass is 498 g/mol. The lowest BCUT2D eigenvalue weighted by molar-refractivity contribution is -0.139. The van der Waals surface area contributed by atoms with Crippen LogP contribution in [0, 0.1) is 0 Å². The number of nitrogens with one attached hydrogen (secondary N) is 1. The highest BCUT2D eigenvalue weighted by Gasteiger charge is 2.38. The number of nitrogens with zero attached hydrogens (tertiary/aromatic N) is 3. The SMILES string of the molecule is CCOC(=O)C1=C(CN2CCN(C(=O)c3cccc(OC)c3)CC2)N(C)C(=O)N[C@@H]1c1ccsc1. The van der Waals surface area contributed by atoms with E-state index in [1.807, 2.05) is 27.8 Å². The fourth-order valence-electron chi connectivity index (χ4n) is 4.35. The van der Waals surface area contributed by atoms with Crippen LogP contribution in [-0.4, -0.2) is 86.1 Å². The normalized spacial score (nSPS) is 18.9. The minimum absolute atomic E-state index is 0.0401. The predicted octanol–water partition coefficient (Wildman–Crippen LogP) is 2.73. The van der Waals surface area contributed by atoms with E-state index in [4.69, 9.17) is 9.47 Å². The highest BCUT2D eigenvalue weighted by molar-refractivity contribution is 7.08. The Kier molecular flexibility index (Phi) is 7.72. The van der Waals surface area contributed by atoms with E-state index < -0.39 is 12.0 Å². The molecule has 2 aliphatic heterocycles. The van der Waals surface area contributed by atoms with Gasteiger partial charge in [-0.1, -0.05) is 6.07 Å². The lowest BCUT2D eigenvalue weighted by atomic mass is 9.96. The van der Waals surface area contributed by atoms with Gasteiger partial charge in [-0.3, -0.25) is 14.6 Å². The van der Waals surface area contributed by atoms with E-state index in [0.29, 0.717) is 55.3 Å². The van der Waals surface area contributed by atoms with Gasteiger partial charge in [-0.15, -0.1) is 0 Å². The fourth-order valence-corrected chi connectivity index (χ4v) is 5.03. The number of amides is 3. The van der Waals surface area contributed by atoms with Crippen LogP contribution >= 0.6 is 11.3 Å². The van der Waals surface area contributed by atoms with Crippen LogP contribution in [0.3, 0.4) is 0 Å². The maximum atomic E-state index is 13.0. The number of urea groups is 1. The lowest BCUT2D eigenvalue weighted by Crippen LogP contribution is -2.53. The van der Waals surface area contributed by atoms with Crippen LogP contribution in [0.1, 0.15) is 28.9 Å². The topological polar surface area (TPSA) is 91.4 Å². The molecule has 0 radical (unpaired) electrons. The largest absolute Gasteiger partial charge is 0.497 e. The highest BCUT2D eigenvalue weighted by atomic mass is 32.1. The van der Waals surface area contributed by atoms with Crippen molar-refractivity contribution in [2.45, 2.75) is 13.0 Å². The van der Waals surface area contributed by atoms with Gasteiger partial charge in [0.15, 0.2) is 0 Å². The number of carbonyl (C=O) groups excluding carboxylic acids is 3. The molecule has 0 saturated carbocycles. The number of methoxy groups -OCH3 is 1. The Balaban J connectivity index is 1.52. The molecule has 0 bridgehead atoms. The minimum atomic E-state index is -0.560. The molecular weight excluding hydrogens is 468 g/mol. The van der Waals surface area contributed by atoms with Gasteiger partial charge in [-0.2, -0.15) is 11.3 Å². The van der Waals surface area contributed by atoms with Crippen LogP contribution in [0.5, 0.6) is 5.75 Å². The van der Waals surface area contributed by atoms with E-state index in [1.165, 1.54) is 16.2 Å². The van der Waals surface area contributed by atoms with Gasteiger partial charge >= 0.3 is 12.0 Å². The summed E-state index contributed by atoms with van der Waals surface area (Å²) in [5.74, 6) is 0.172. The Morgan fingerprint density at radius 2 is 1.94 bits per heavy atom. The Morgan fingerprint density at radius 1 is 1.17 bits per heavy atom. The molecule has 1 fully saturated rings. The first-order valence-corrected chi connectivity index (χ1v) is 12.5. The number of carbonyl (C=O) groups is 3. The van der Waals surface area contributed by atoms with Crippen molar-refractivity contribution >= 4 is 29.2 Å². The van der Waals surface area contributed by atoms with Crippen LogP contribution in [0.25, 0.3) is 0 Å². The van der Waals surface area contributed by atoms with Crippen LogP contribution < -0.4 is 10.1 Å². The van der Waals surface area contributed by atoms with Gasteiger partial charge in [0.2, 0.25) is 0 Å². The molecule has 1 N–H and O–H groups in total. The third-order valence-corrected chi connectivity index (χ3v) is 7.00. The standard InChI is InChI=1S/C25H30N4O5S/c1-4-34-24(31)21-20(27(2)25(32)26-22(21)18-8-13-35-16-18)15-28-9-11-29(12-10-28)23(30)17-6-5-7-19(14-17)33-3/h5-8,13-14,16,22H,4,9-12,15H2,1-3H3,(H,26,32)/t22-/m1/s1. The maximum Gasteiger partial charge on any atom is 0.338 e. The third-order valence-electron chi connectivity index (χ3n) is 6.30. The van der Waals surface area contributed by atoms with E-state index in [9.17, 15) is 14.4 Å². The average Bonchev–Trinajstić information content (AvgIpc) is 3.42. The summed E-state index contributed by atoms with van der Waals surface area (Å²) in [5.41, 5.74) is 2.51. The van der Waals surface area contributed by atoms with Crippen LogP contribution in [0.15, 0.2) is 52.4 Å². The molecular formula is C25H30N4O5S. The second kappa shape index (κ2) is 10.9.